The van der Waals surface area contributed by atoms with Crippen molar-refractivity contribution in [2.45, 2.75) is 33.9 Å². The highest BCUT2D eigenvalue weighted by molar-refractivity contribution is 5.24. The number of aromatic hydroxyl groups is 1. The zero-order valence-electron chi connectivity index (χ0n) is 14.3. The Bertz CT molecular complexity index is 753. The van der Waals surface area contributed by atoms with Gasteiger partial charge in [0.25, 0.3) is 0 Å². The van der Waals surface area contributed by atoms with Crippen molar-refractivity contribution in [2.24, 2.45) is 0 Å². The van der Waals surface area contributed by atoms with Crippen molar-refractivity contribution in [1.82, 2.24) is 15.0 Å². The Morgan fingerprint density at radius 1 is 1.12 bits per heavy atom. The lowest BCUT2D eigenvalue weighted by atomic mass is 10.1. The van der Waals surface area contributed by atoms with Crippen molar-refractivity contribution in [1.29, 1.82) is 0 Å². The number of piperazine rings is 1. The van der Waals surface area contributed by atoms with Gasteiger partial charge in [-0.05, 0) is 20.8 Å². The average Bonchev–Trinajstić information content (AvgIpc) is 2.86. The number of aryl methyl sites for hydroxylation is 3. The molecule has 1 N–H and O–H groups in total. The molecule has 1 saturated heterocycles. The van der Waals surface area contributed by atoms with Gasteiger partial charge in [-0.3, -0.25) is 14.6 Å². The van der Waals surface area contributed by atoms with Crippen LogP contribution in [-0.4, -0.2) is 46.2 Å². The summed E-state index contributed by atoms with van der Waals surface area (Å²) in [5.74, 6) is 1.46. The molecule has 2 aromatic heterocycles. The summed E-state index contributed by atoms with van der Waals surface area (Å²) in [6.45, 7) is 10.4. The van der Waals surface area contributed by atoms with E-state index in [9.17, 15) is 9.90 Å². The molecule has 0 radical (unpaired) electrons. The largest absolute Gasteiger partial charge is 0.502 e. The summed E-state index contributed by atoms with van der Waals surface area (Å²) in [5.41, 5.74) is 1.72. The molecule has 7 nitrogen and oxygen atoms in total. The normalized spacial score (nSPS) is 16.6. The third-order valence-electron chi connectivity index (χ3n) is 4.51. The maximum atomic E-state index is 11.6. The van der Waals surface area contributed by atoms with Crippen molar-refractivity contribution in [2.75, 3.05) is 26.2 Å². The Hall–Kier alpha value is -2.12. The zero-order valence-corrected chi connectivity index (χ0v) is 14.3. The molecule has 0 spiro atoms. The molecule has 0 aliphatic carbocycles. The van der Waals surface area contributed by atoms with E-state index < -0.39 is 0 Å². The molecule has 1 fully saturated rings. The van der Waals surface area contributed by atoms with Crippen molar-refractivity contribution in [3.63, 3.8) is 0 Å². The van der Waals surface area contributed by atoms with Gasteiger partial charge in [0.1, 0.15) is 11.5 Å². The van der Waals surface area contributed by atoms with Crippen LogP contribution in [0.2, 0.25) is 0 Å². The smallest absolute Gasteiger partial charge is 0.227 e. The number of nitrogens with zero attached hydrogens (tertiary/aromatic N) is 3. The van der Waals surface area contributed by atoms with E-state index in [1.54, 1.807) is 6.92 Å². The second-order valence-corrected chi connectivity index (χ2v) is 6.35. The van der Waals surface area contributed by atoms with Crippen LogP contribution in [0.4, 0.5) is 0 Å². The summed E-state index contributed by atoms with van der Waals surface area (Å²) < 4.78 is 10.7. The van der Waals surface area contributed by atoms with E-state index in [2.05, 4.69) is 15.0 Å². The maximum Gasteiger partial charge on any atom is 0.227 e. The van der Waals surface area contributed by atoms with E-state index in [0.29, 0.717) is 18.1 Å². The van der Waals surface area contributed by atoms with E-state index >= 15 is 0 Å². The van der Waals surface area contributed by atoms with Gasteiger partial charge in [-0.25, -0.2) is 0 Å². The zero-order chi connectivity index (χ0) is 17.3. The summed E-state index contributed by atoms with van der Waals surface area (Å²) in [6, 6.07) is 1.31. The first kappa shape index (κ1) is 16.7. The van der Waals surface area contributed by atoms with Gasteiger partial charge >= 0.3 is 0 Å². The molecule has 3 heterocycles. The van der Waals surface area contributed by atoms with Crippen LogP contribution in [0.3, 0.4) is 0 Å². The van der Waals surface area contributed by atoms with Crippen LogP contribution >= 0.6 is 0 Å². The first-order chi connectivity index (χ1) is 11.4. The molecule has 130 valence electrons. The molecule has 0 unspecified atom stereocenters. The van der Waals surface area contributed by atoms with Crippen LogP contribution in [0.25, 0.3) is 0 Å². The third kappa shape index (κ3) is 3.52. The molecule has 2 aromatic rings. The highest BCUT2D eigenvalue weighted by atomic mass is 16.5. The summed E-state index contributed by atoms with van der Waals surface area (Å²) in [7, 11) is 0. The van der Waals surface area contributed by atoms with Crippen LogP contribution in [0.15, 0.2) is 19.8 Å². The third-order valence-corrected chi connectivity index (χ3v) is 4.51. The van der Waals surface area contributed by atoms with Crippen LogP contribution in [0.1, 0.15) is 28.5 Å². The molecule has 24 heavy (non-hydrogen) atoms. The monoisotopic (exact) mass is 333 g/mol. The van der Waals surface area contributed by atoms with Crippen molar-refractivity contribution in [3.05, 3.63) is 44.8 Å². The average molecular weight is 333 g/mol. The summed E-state index contributed by atoms with van der Waals surface area (Å²) in [5, 5.41) is 13.9. The van der Waals surface area contributed by atoms with E-state index in [1.807, 2.05) is 13.8 Å². The predicted octanol–water partition coefficient (Wildman–Crippen LogP) is 1.58. The number of hydrogen-bond acceptors (Lipinski definition) is 7. The number of aromatic nitrogens is 1. The second kappa shape index (κ2) is 6.78. The first-order valence-electron chi connectivity index (χ1n) is 8.13. The van der Waals surface area contributed by atoms with Crippen molar-refractivity contribution in [3.8, 4) is 5.75 Å². The minimum absolute atomic E-state index is 0.279. The highest BCUT2D eigenvalue weighted by Crippen LogP contribution is 2.19. The molecule has 1 aliphatic rings. The lowest BCUT2D eigenvalue weighted by Crippen LogP contribution is -2.45. The number of rotatable bonds is 4. The molecule has 0 atom stereocenters. The summed E-state index contributed by atoms with van der Waals surface area (Å²) >= 11 is 0. The van der Waals surface area contributed by atoms with Crippen LogP contribution in [0.5, 0.6) is 5.75 Å². The Balaban J connectivity index is 1.59. The van der Waals surface area contributed by atoms with Gasteiger partial charge in [0.2, 0.25) is 11.2 Å². The SMILES string of the molecule is Cc1cc(=O)c(O)c(CN2CCN(Cc3c(C)noc3C)CC2)o1. The molecular formula is C17H23N3O4. The molecule has 3 rings (SSSR count). The maximum absolute atomic E-state index is 11.6. The standard InChI is InChI=1S/C17H23N3O4/c1-11-8-15(21)17(22)16(23-11)10-20-6-4-19(5-7-20)9-14-12(2)18-24-13(14)3/h8,22H,4-7,9-10H2,1-3H3. The van der Waals surface area contributed by atoms with Crippen LogP contribution in [-0.2, 0) is 13.1 Å². The minimum Gasteiger partial charge on any atom is -0.502 e. The van der Waals surface area contributed by atoms with Gasteiger partial charge in [0, 0.05) is 44.4 Å². The minimum atomic E-state index is -0.384. The molecular weight excluding hydrogens is 310 g/mol. The molecule has 1 aliphatic heterocycles. The Labute approximate surface area is 140 Å². The fraction of sp³-hybridized carbons (Fsp3) is 0.529. The number of hydrogen-bond donors (Lipinski definition) is 1. The van der Waals surface area contributed by atoms with Gasteiger partial charge in [0.05, 0.1) is 12.2 Å². The molecule has 0 bridgehead atoms. The van der Waals surface area contributed by atoms with E-state index in [4.69, 9.17) is 8.94 Å². The van der Waals surface area contributed by atoms with E-state index in [0.717, 1.165) is 49.7 Å². The van der Waals surface area contributed by atoms with Crippen molar-refractivity contribution >= 4 is 0 Å². The predicted molar refractivity (Wildman–Crippen MR) is 87.9 cm³/mol. The van der Waals surface area contributed by atoms with Crippen molar-refractivity contribution < 1.29 is 14.0 Å². The van der Waals surface area contributed by atoms with Gasteiger partial charge in [-0.1, -0.05) is 5.16 Å². The molecule has 0 aromatic carbocycles. The topological polar surface area (TPSA) is 83.0 Å². The van der Waals surface area contributed by atoms with Crippen LogP contribution < -0.4 is 5.43 Å². The van der Waals surface area contributed by atoms with Gasteiger partial charge in [-0.15, -0.1) is 0 Å². The summed E-state index contributed by atoms with van der Waals surface area (Å²) in [4.78, 5) is 16.2. The highest BCUT2D eigenvalue weighted by Gasteiger charge is 2.22. The fourth-order valence-electron chi connectivity index (χ4n) is 3.03. The quantitative estimate of drug-likeness (QED) is 0.909. The van der Waals surface area contributed by atoms with E-state index in [-0.39, 0.29) is 11.2 Å². The molecule has 7 heteroatoms. The van der Waals surface area contributed by atoms with Gasteiger partial charge in [0.15, 0.2) is 5.76 Å². The lowest BCUT2D eigenvalue weighted by Gasteiger charge is -2.34. The Kier molecular flexibility index (Phi) is 4.73. The molecule has 0 amide bonds. The lowest BCUT2D eigenvalue weighted by molar-refractivity contribution is 0.113. The van der Waals surface area contributed by atoms with Gasteiger partial charge < -0.3 is 14.0 Å². The second-order valence-electron chi connectivity index (χ2n) is 6.35. The summed E-state index contributed by atoms with van der Waals surface area (Å²) in [6.07, 6.45) is 0. The Morgan fingerprint density at radius 3 is 2.33 bits per heavy atom. The first-order valence-corrected chi connectivity index (χ1v) is 8.13. The van der Waals surface area contributed by atoms with E-state index in [1.165, 1.54) is 6.07 Å². The Morgan fingerprint density at radius 2 is 1.75 bits per heavy atom. The van der Waals surface area contributed by atoms with Crippen LogP contribution in [0, 0.1) is 20.8 Å². The molecule has 0 saturated carbocycles. The van der Waals surface area contributed by atoms with Gasteiger partial charge in [-0.2, -0.15) is 0 Å². The fourth-order valence-corrected chi connectivity index (χ4v) is 3.03.